The van der Waals surface area contributed by atoms with Gasteiger partial charge in [0, 0.05) is 4.88 Å². The van der Waals surface area contributed by atoms with Crippen LogP contribution >= 0.6 is 11.3 Å². The number of carbonyl (C=O) groups excluding carboxylic acids is 2. The molecule has 9 nitrogen and oxygen atoms in total. The largest absolute Gasteiger partial charge is 0.467 e. The summed E-state index contributed by atoms with van der Waals surface area (Å²) < 4.78 is 12.7. The number of amides is 2. The van der Waals surface area contributed by atoms with Gasteiger partial charge in [-0.2, -0.15) is 0 Å². The molecular weight excluding hydrogens is 466 g/mol. The molecule has 0 unspecified atom stereocenters. The van der Waals surface area contributed by atoms with Crippen molar-refractivity contribution >= 4 is 34.2 Å². The van der Waals surface area contributed by atoms with Gasteiger partial charge in [0.25, 0.3) is 5.91 Å². The number of para-hydroxylation sites is 1. The summed E-state index contributed by atoms with van der Waals surface area (Å²) in [7, 11) is 0. The van der Waals surface area contributed by atoms with Crippen molar-refractivity contribution in [3.8, 4) is 0 Å². The average Bonchev–Trinajstić information content (AvgIpc) is 3.67. The highest BCUT2D eigenvalue weighted by atomic mass is 32.1. The summed E-state index contributed by atoms with van der Waals surface area (Å²) >= 11 is 1.51. The zero-order valence-electron chi connectivity index (χ0n) is 19.0. The van der Waals surface area contributed by atoms with Crippen molar-refractivity contribution in [3.05, 3.63) is 94.5 Å². The van der Waals surface area contributed by atoms with Crippen LogP contribution in [0.5, 0.6) is 0 Å². The molecule has 0 aliphatic carbocycles. The Hall–Kier alpha value is -4.18. The van der Waals surface area contributed by atoms with Crippen LogP contribution in [0.4, 0.5) is 0 Å². The van der Waals surface area contributed by atoms with Crippen LogP contribution in [-0.2, 0) is 29.2 Å². The maximum absolute atomic E-state index is 13.7. The second-order valence-electron chi connectivity index (χ2n) is 7.98. The van der Waals surface area contributed by atoms with Gasteiger partial charge in [-0.15, -0.1) is 16.4 Å². The standard InChI is InChI=1S/C25H23N5O4S/c1-17-10-11-22(34-17)24(25(32)26-14-18-6-4-12-33-18)29(15-19-7-5-13-35-19)23(31)16-30-21-9-3-2-8-20(21)27-28-30/h2-13,24H,14-16H2,1H3,(H,26,32)/t24-/m1/s1. The number of benzene rings is 1. The van der Waals surface area contributed by atoms with Crippen molar-refractivity contribution in [2.24, 2.45) is 0 Å². The van der Waals surface area contributed by atoms with Crippen LogP contribution in [0.25, 0.3) is 11.0 Å². The molecule has 4 aromatic heterocycles. The molecule has 0 aliphatic rings. The van der Waals surface area contributed by atoms with Crippen molar-refractivity contribution in [1.82, 2.24) is 25.2 Å². The molecule has 0 saturated heterocycles. The lowest BCUT2D eigenvalue weighted by atomic mass is 10.1. The van der Waals surface area contributed by atoms with Gasteiger partial charge in [-0.05, 0) is 54.8 Å². The van der Waals surface area contributed by atoms with E-state index in [1.165, 1.54) is 16.2 Å². The lowest BCUT2D eigenvalue weighted by Crippen LogP contribution is -2.44. The molecule has 35 heavy (non-hydrogen) atoms. The van der Waals surface area contributed by atoms with E-state index in [-0.39, 0.29) is 31.4 Å². The molecule has 0 saturated carbocycles. The summed E-state index contributed by atoms with van der Waals surface area (Å²) in [5.74, 6) is 0.978. The van der Waals surface area contributed by atoms with Crippen molar-refractivity contribution in [2.75, 3.05) is 0 Å². The van der Waals surface area contributed by atoms with E-state index in [0.717, 1.165) is 10.4 Å². The molecular formula is C25H23N5O4S. The molecule has 1 N–H and O–H groups in total. The van der Waals surface area contributed by atoms with Crippen molar-refractivity contribution < 1.29 is 18.4 Å². The topological polar surface area (TPSA) is 106 Å². The third-order valence-electron chi connectivity index (χ3n) is 5.54. The van der Waals surface area contributed by atoms with Crippen molar-refractivity contribution in [2.45, 2.75) is 32.6 Å². The van der Waals surface area contributed by atoms with E-state index in [4.69, 9.17) is 8.83 Å². The predicted molar refractivity (Wildman–Crippen MR) is 129 cm³/mol. The van der Waals surface area contributed by atoms with E-state index in [1.807, 2.05) is 41.8 Å². The Bertz CT molecular complexity index is 1420. The van der Waals surface area contributed by atoms with E-state index in [2.05, 4.69) is 15.6 Å². The highest BCUT2D eigenvalue weighted by Gasteiger charge is 2.34. The molecule has 0 bridgehead atoms. The van der Waals surface area contributed by atoms with Crippen LogP contribution < -0.4 is 5.32 Å². The van der Waals surface area contributed by atoms with E-state index >= 15 is 0 Å². The van der Waals surface area contributed by atoms with Crippen molar-refractivity contribution in [3.63, 3.8) is 0 Å². The Balaban J connectivity index is 1.47. The number of nitrogens with zero attached hydrogens (tertiary/aromatic N) is 4. The van der Waals surface area contributed by atoms with E-state index in [0.29, 0.717) is 22.8 Å². The first-order valence-electron chi connectivity index (χ1n) is 11.0. The van der Waals surface area contributed by atoms with Gasteiger partial charge in [0.05, 0.1) is 24.9 Å². The van der Waals surface area contributed by atoms with Crippen LogP contribution in [0.15, 0.2) is 81.1 Å². The molecule has 0 fully saturated rings. The summed E-state index contributed by atoms with van der Waals surface area (Å²) in [6.45, 7) is 2.15. The van der Waals surface area contributed by atoms with Crippen LogP contribution in [0, 0.1) is 6.92 Å². The number of thiophene rings is 1. The van der Waals surface area contributed by atoms with Gasteiger partial charge in [0.2, 0.25) is 5.91 Å². The zero-order valence-corrected chi connectivity index (χ0v) is 19.8. The van der Waals surface area contributed by atoms with Gasteiger partial charge in [0.1, 0.15) is 29.3 Å². The third kappa shape index (κ3) is 5.02. The predicted octanol–water partition coefficient (Wildman–Crippen LogP) is 4.07. The maximum atomic E-state index is 13.7. The van der Waals surface area contributed by atoms with E-state index in [1.54, 1.807) is 42.1 Å². The van der Waals surface area contributed by atoms with Gasteiger partial charge in [-0.3, -0.25) is 9.59 Å². The molecule has 5 aromatic rings. The molecule has 0 spiro atoms. The van der Waals surface area contributed by atoms with Crippen LogP contribution in [0.3, 0.4) is 0 Å². The van der Waals surface area contributed by atoms with Gasteiger partial charge in [0.15, 0.2) is 6.04 Å². The number of nitrogens with one attached hydrogen (secondary N) is 1. The number of hydrogen-bond acceptors (Lipinski definition) is 7. The number of rotatable bonds is 9. The van der Waals surface area contributed by atoms with Crippen LogP contribution in [0.2, 0.25) is 0 Å². The molecule has 5 rings (SSSR count). The minimum Gasteiger partial charge on any atom is -0.467 e. The van der Waals surface area contributed by atoms with Gasteiger partial charge >= 0.3 is 0 Å². The minimum absolute atomic E-state index is 0.0759. The molecule has 2 amide bonds. The Morgan fingerprint density at radius 3 is 2.74 bits per heavy atom. The molecule has 10 heteroatoms. The van der Waals surface area contributed by atoms with Crippen molar-refractivity contribution in [1.29, 1.82) is 0 Å². The quantitative estimate of drug-likeness (QED) is 0.335. The van der Waals surface area contributed by atoms with Gasteiger partial charge in [-0.1, -0.05) is 23.4 Å². The fraction of sp³-hybridized carbons (Fsp3) is 0.200. The first-order valence-corrected chi connectivity index (χ1v) is 11.9. The summed E-state index contributed by atoms with van der Waals surface area (Å²) in [6, 6.07) is 17.3. The maximum Gasteiger partial charge on any atom is 0.251 e. The molecule has 4 heterocycles. The molecule has 0 radical (unpaired) electrons. The highest BCUT2D eigenvalue weighted by molar-refractivity contribution is 7.09. The normalized spacial score (nSPS) is 12.0. The second kappa shape index (κ2) is 9.98. The first kappa shape index (κ1) is 22.6. The monoisotopic (exact) mass is 489 g/mol. The SMILES string of the molecule is Cc1ccc([C@H](C(=O)NCc2ccco2)N(Cc2cccs2)C(=O)Cn2nnc3ccccc32)o1. The lowest BCUT2D eigenvalue weighted by molar-refractivity contribution is -0.143. The smallest absolute Gasteiger partial charge is 0.251 e. The summed E-state index contributed by atoms with van der Waals surface area (Å²) in [4.78, 5) is 29.7. The van der Waals surface area contributed by atoms with Gasteiger partial charge < -0.3 is 19.1 Å². The first-order chi connectivity index (χ1) is 17.1. The number of aryl methyl sites for hydroxylation is 1. The number of fused-ring (bicyclic) bond motifs is 1. The average molecular weight is 490 g/mol. The van der Waals surface area contributed by atoms with Crippen LogP contribution in [0.1, 0.15) is 28.2 Å². The molecule has 178 valence electrons. The summed E-state index contributed by atoms with van der Waals surface area (Å²) in [5, 5.41) is 13.1. The molecule has 0 aliphatic heterocycles. The summed E-state index contributed by atoms with van der Waals surface area (Å²) in [6.07, 6.45) is 1.55. The fourth-order valence-electron chi connectivity index (χ4n) is 3.86. The fourth-order valence-corrected chi connectivity index (χ4v) is 4.56. The number of hydrogen-bond donors (Lipinski definition) is 1. The van der Waals surface area contributed by atoms with Crippen LogP contribution in [-0.4, -0.2) is 31.7 Å². The molecule has 1 aromatic carbocycles. The second-order valence-corrected chi connectivity index (χ2v) is 9.02. The molecule has 1 atom stereocenters. The Kier molecular flexibility index (Phi) is 6.44. The minimum atomic E-state index is -0.983. The zero-order chi connectivity index (χ0) is 24.2. The lowest BCUT2D eigenvalue weighted by Gasteiger charge is -2.29. The van der Waals surface area contributed by atoms with E-state index < -0.39 is 6.04 Å². The highest BCUT2D eigenvalue weighted by Crippen LogP contribution is 2.27. The van der Waals surface area contributed by atoms with E-state index in [9.17, 15) is 9.59 Å². The Morgan fingerprint density at radius 1 is 1.11 bits per heavy atom. The number of furan rings is 2. The number of aromatic nitrogens is 3. The summed E-state index contributed by atoms with van der Waals surface area (Å²) in [5.41, 5.74) is 1.43. The Labute approximate surface area is 204 Å². The number of carbonyl (C=O) groups is 2. The third-order valence-corrected chi connectivity index (χ3v) is 6.40. The van der Waals surface area contributed by atoms with Gasteiger partial charge in [-0.25, -0.2) is 4.68 Å². The Morgan fingerprint density at radius 2 is 2.00 bits per heavy atom.